The highest BCUT2D eigenvalue weighted by atomic mass is 32.2. The van der Waals surface area contributed by atoms with Crippen molar-refractivity contribution in [2.75, 3.05) is 13.7 Å². The maximum atomic E-state index is 13.2. The summed E-state index contributed by atoms with van der Waals surface area (Å²) in [5.41, 5.74) is 1.60. The lowest BCUT2D eigenvalue weighted by Crippen LogP contribution is -2.33. The third kappa shape index (κ3) is 5.70. The number of fused-ring (bicyclic) bond motifs is 1. The van der Waals surface area contributed by atoms with E-state index in [9.17, 15) is 13.2 Å². The van der Waals surface area contributed by atoms with E-state index in [4.69, 9.17) is 4.74 Å². The van der Waals surface area contributed by atoms with Crippen molar-refractivity contribution in [2.45, 2.75) is 69.4 Å². The first kappa shape index (κ1) is 24.3. The Morgan fingerprint density at radius 2 is 1.69 bits per heavy atom. The Balaban J connectivity index is 1.67. The van der Waals surface area contributed by atoms with Gasteiger partial charge in [-0.3, -0.25) is 4.79 Å². The summed E-state index contributed by atoms with van der Waals surface area (Å²) in [4.78, 5) is 13.1. The van der Waals surface area contributed by atoms with Gasteiger partial charge in [0.15, 0.2) is 0 Å². The molecule has 1 N–H and O–H groups in total. The van der Waals surface area contributed by atoms with Crippen LogP contribution in [0.2, 0.25) is 0 Å². The topological polar surface area (TPSA) is 75.7 Å². The second-order valence-electron chi connectivity index (χ2n) is 8.23. The summed E-state index contributed by atoms with van der Waals surface area (Å²) >= 11 is 0. The van der Waals surface area contributed by atoms with Crippen LogP contribution in [0, 0.1) is 0 Å². The van der Waals surface area contributed by atoms with Crippen molar-refractivity contribution in [1.29, 1.82) is 0 Å². The van der Waals surface area contributed by atoms with Crippen molar-refractivity contribution in [1.82, 2.24) is 9.62 Å². The molecule has 1 aliphatic rings. The van der Waals surface area contributed by atoms with E-state index >= 15 is 0 Å². The van der Waals surface area contributed by atoms with Gasteiger partial charge in [-0.15, -0.1) is 0 Å². The Hall–Kier alpha value is -2.38. The lowest BCUT2D eigenvalue weighted by molar-refractivity contribution is -0.122. The van der Waals surface area contributed by atoms with Gasteiger partial charge in [0, 0.05) is 25.1 Å². The number of carbonyl (C=O) groups excluding carboxylic acids is 1. The second-order valence-corrected chi connectivity index (χ2v) is 10.1. The second kappa shape index (κ2) is 11.5. The third-order valence-corrected chi connectivity index (χ3v) is 7.97. The van der Waals surface area contributed by atoms with Crippen molar-refractivity contribution in [2.24, 2.45) is 0 Å². The molecule has 0 spiro atoms. The van der Waals surface area contributed by atoms with E-state index in [0.717, 1.165) is 24.8 Å². The number of amides is 1. The third-order valence-electron chi connectivity index (χ3n) is 5.99. The molecule has 0 fully saturated rings. The molecule has 0 bridgehead atoms. The van der Waals surface area contributed by atoms with Gasteiger partial charge >= 0.3 is 0 Å². The number of nitrogens with zero attached hydrogens (tertiary/aromatic N) is 1. The molecule has 0 aliphatic carbocycles. The number of nitrogens with one attached hydrogen (secondary N) is 1. The quantitative estimate of drug-likeness (QED) is 0.463. The normalized spacial score (nSPS) is 17.1. The van der Waals surface area contributed by atoms with E-state index in [-0.39, 0.29) is 12.3 Å². The number of rotatable bonds is 12. The van der Waals surface area contributed by atoms with Gasteiger partial charge in [-0.1, -0.05) is 75.4 Å². The molecular weight excluding hydrogens is 424 g/mol. The Morgan fingerprint density at radius 1 is 1.00 bits per heavy atom. The van der Waals surface area contributed by atoms with Crippen LogP contribution in [0.5, 0.6) is 5.75 Å². The van der Waals surface area contributed by atoms with E-state index in [1.165, 1.54) is 23.6 Å². The monoisotopic (exact) mass is 458 g/mol. The fraction of sp³-hybridized carbons (Fsp3) is 0.480. The molecule has 0 saturated heterocycles. The van der Waals surface area contributed by atoms with Gasteiger partial charge in [0.05, 0.1) is 18.0 Å². The zero-order valence-electron chi connectivity index (χ0n) is 19.0. The summed E-state index contributed by atoms with van der Waals surface area (Å²) < 4.78 is 33.2. The van der Waals surface area contributed by atoms with Crippen LogP contribution in [-0.2, 0) is 21.4 Å². The molecule has 3 rings (SSSR count). The molecule has 1 aliphatic heterocycles. The fourth-order valence-corrected chi connectivity index (χ4v) is 6.16. The maximum absolute atomic E-state index is 13.2. The molecule has 32 heavy (non-hydrogen) atoms. The summed E-state index contributed by atoms with van der Waals surface area (Å²) in [6.45, 7) is 2.95. The summed E-state index contributed by atoms with van der Waals surface area (Å²) in [6, 6.07) is 14.1. The molecule has 2 aromatic rings. The average Bonchev–Trinajstić information content (AvgIpc) is 3.01. The van der Waals surface area contributed by atoms with Crippen LogP contribution in [0.15, 0.2) is 53.4 Å². The van der Waals surface area contributed by atoms with Crippen LogP contribution in [0.25, 0.3) is 0 Å². The Morgan fingerprint density at radius 3 is 2.47 bits per heavy atom. The first-order chi connectivity index (χ1) is 15.5. The van der Waals surface area contributed by atoms with E-state index in [0.29, 0.717) is 29.3 Å². The number of ether oxygens (including phenoxy) is 1. The maximum Gasteiger partial charge on any atom is 0.243 e. The van der Waals surface area contributed by atoms with E-state index in [1.54, 1.807) is 19.2 Å². The predicted molar refractivity (Wildman–Crippen MR) is 126 cm³/mol. The molecule has 7 heteroatoms. The van der Waals surface area contributed by atoms with Crippen LogP contribution < -0.4 is 10.1 Å². The molecule has 0 aromatic heterocycles. The van der Waals surface area contributed by atoms with Gasteiger partial charge in [-0.05, 0) is 24.1 Å². The first-order valence-corrected chi connectivity index (χ1v) is 12.9. The number of benzene rings is 2. The molecule has 1 atom stereocenters. The first-order valence-electron chi connectivity index (χ1n) is 11.5. The lowest BCUT2D eigenvalue weighted by Gasteiger charge is -2.23. The average molecular weight is 459 g/mol. The van der Waals surface area contributed by atoms with Gasteiger partial charge in [0.2, 0.25) is 15.9 Å². The lowest BCUT2D eigenvalue weighted by atomic mass is 10.0. The highest BCUT2D eigenvalue weighted by molar-refractivity contribution is 7.89. The minimum absolute atomic E-state index is 0.0984. The molecule has 0 unspecified atom stereocenters. The Bertz CT molecular complexity index is 1010. The SMILES string of the molecule is CCCCCCCCN1[C@@H](CC(=O)NCc2ccccc2OC)c2ccccc2S1(=O)=O. The molecule has 1 heterocycles. The zero-order chi connectivity index (χ0) is 23.0. The van der Waals surface area contributed by atoms with Crippen molar-refractivity contribution >= 4 is 15.9 Å². The van der Waals surface area contributed by atoms with Gasteiger partial charge in [-0.25, -0.2) is 8.42 Å². The standard InChI is InChI=1S/C25H34N2O4S/c1-3-4-5-6-7-12-17-27-22(21-14-9-11-16-24(21)32(27,29)30)18-25(28)26-19-20-13-8-10-15-23(20)31-2/h8-11,13-16,22H,3-7,12,17-19H2,1-2H3,(H,26,28)/t22-/m0/s1. The molecule has 6 nitrogen and oxygen atoms in total. The van der Waals surface area contributed by atoms with Gasteiger partial charge in [-0.2, -0.15) is 4.31 Å². The van der Waals surface area contributed by atoms with E-state index < -0.39 is 16.1 Å². The highest BCUT2D eigenvalue weighted by Gasteiger charge is 2.42. The fourth-order valence-electron chi connectivity index (χ4n) is 4.27. The van der Waals surface area contributed by atoms with E-state index in [2.05, 4.69) is 12.2 Å². The summed E-state index contributed by atoms with van der Waals surface area (Å²) in [6.07, 6.45) is 6.58. The Labute approximate surface area is 192 Å². The van der Waals surface area contributed by atoms with Crippen LogP contribution >= 0.6 is 0 Å². The molecule has 2 aromatic carbocycles. The number of hydrogen-bond acceptors (Lipinski definition) is 4. The number of sulfonamides is 1. The molecule has 0 saturated carbocycles. The zero-order valence-corrected chi connectivity index (χ0v) is 19.9. The summed E-state index contributed by atoms with van der Waals surface area (Å²) in [5, 5.41) is 2.93. The number of hydrogen-bond donors (Lipinski definition) is 1. The summed E-state index contributed by atoms with van der Waals surface area (Å²) in [5.74, 6) is 0.534. The minimum atomic E-state index is -3.58. The molecule has 1 amide bonds. The number of carbonyl (C=O) groups is 1. The minimum Gasteiger partial charge on any atom is -0.496 e. The molecule has 0 radical (unpaired) electrons. The van der Waals surface area contributed by atoms with Crippen molar-refractivity contribution in [3.05, 3.63) is 59.7 Å². The van der Waals surface area contributed by atoms with Gasteiger partial charge in [0.1, 0.15) is 5.75 Å². The smallest absolute Gasteiger partial charge is 0.243 e. The number of methoxy groups -OCH3 is 1. The van der Waals surface area contributed by atoms with Crippen LogP contribution in [0.3, 0.4) is 0 Å². The van der Waals surface area contributed by atoms with Gasteiger partial charge in [0.25, 0.3) is 0 Å². The van der Waals surface area contributed by atoms with Crippen molar-refractivity contribution < 1.29 is 17.9 Å². The van der Waals surface area contributed by atoms with Crippen LogP contribution in [0.4, 0.5) is 0 Å². The Kier molecular flexibility index (Phi) is 8.70. The van der Waals surface area contributed by atoms with Crippen LogP contribution in [0.1, 0.15) is 69.0 Å². The van der Waals surface area contributed by atoms with Gasteiger partial charge < -0.3 is 10.1 Å². The van der Waals surface area contributed by atoms with E-state index in [1.807, 2.05) is 36.4 Å². The van der Waals surface area contributed by atoms with Crippen molar-refractivity contribution in [3.63, 3.8) is 0 Å². The molecular formula is C25H34N2O4S. The van der Waals surface area contributed by atoms with Crippen LogP contribution in [-0.4, -0.2) is 32.3 Å². The van der Waals surface area contributed by atoms with Crippen molar-refractivity contribution in [3.8, 4) is 5.75 Å². The molecule has 174 valence electrons. The number of unbranched alkanes of at least 4 members (excludes halogenated alkanes) is 5. The number of para-hydroxylation sites is 1. The predicted octanol–water partition coefficient (Wildman–Crippen LogP) is 4.81. The largest absolute Gasteiger partial charge is 0.496 e. The highest BCUT2D eigenvalue weighted by Crippen LogP contribution is 2.41. The summed E-state index contributed by atoms with van der Waals surface area (Å²) in [7, 11) is -1.98.